The molecule has 1 fully saturated rings. The molecule has 18 heavy (non-hydrogen) atoms. The molecule has 0 aromatic heterocycles. The van der Waals surface area contributed by atoms with Crippen molar-refractivity contribution < 1.29 is 14.5 Å². The summed E-state index contributed by atoms with van der Waals surface area (Å²) in [6.07, 6.45) is 4.76. The van der Waals surface area contributed by atoms with Gasteiger partial charge in [0.05, 0.1) is 0 Å². The van der Waals surface area contributed by atoms with Gasteiger partial charge in [-0.25, -0.2) is 0 Å². The summed E-state index contributed by atoms with van der Waals surface area (Å²) in [7, 11) is 0. The van der Waals surface area contributed by atoms with Gasteiger partial charge in [0.15, 0.2) is 6.10 Å². The molecule has 5 heteroatoms. The highest BCUT2D eigenvalue weighted by Crippen LogP contribution is 2.35. The van der Waals surface area contributed by atoms with Gasteiger partial charge in [0.1, 0.15) is 5.92 Å². The van der Waals surface area contributed by atoms with Crippen molar-refractivity contribution in [2.24, 2.45) is 5.92 Å². The second-order valence-electron chi connectivity index (χ2n) is 4.09. The van der Waals surface area contributed by atoms with Crippen molar-refractivity contribution in [3.05, 3.63) is 46.0 Å². The van der Waals surface area contributed by atoms with Crippen molar-refractivity contribution in [3.8, 4) is 12.3 Å². The molecular weight excluding hydrogens is 234 g/mol. The zero-order valence-corrected chi connectivity index (χ0v) is 9.48. The third kappa shape index (κ3) is 2.48. The molecular formula is C13H11NO4. The fourth-order valence-electron chi connectivity index (χ4n) is 1.70. The molecule has 0 unspecified atom stereocenters. The first-order valence-corrected chi connectivity index (χ1v) is 5.48. The van der Waals surface area contributed by atoms with Gasteiger partial charge in [-0.05, 0) is 0 Å². The lowest BCUT2D eigenvalue weighted by molar-refractivity contribution is -0.497. The summed E-state index contributed by atoms with van der Waals surface area (Å²) < 4.78 is 5.11. The summed E-state index contributed by atoms with van der Waals surface area (Å²) in [4.78, 5) is 21.6. The highest BCUT2D eigenvalue weighted by atomic mass is 16.6. The zero-order valence-electron chi connectivity index (χ0n) is 9.48. The number of esters is 1. The van der Waals surface area contributed by atoms with Crippen LogP contribution >= 0.6 is 0 Å². The molecule has 1 aliphatic rings. The maximum atomic E-state index is 11.6. The van der Waals surface area contributed by atoms with E-state index in [1.807, 2.05) is 6.07 Å². The molecule has 0 amide bonds. The predicted octanol–water partition coefficient (Wildman–Crippen LogP) is 1.57. The van der Waals surface area contributed by atoms with E-state index in [9.17, 15) is 14.9 Å². The van der Waals surface area contributed by atoms with E-state index in [1.54, 1.807) is 24.3 Å². The molecule has 0 aliphatic heterocycles. The number of rotatable bonds is 4. The van der Waals surface area contributed by atoms with Crippen LogP contribution in [-0.4, -0.2) is 16.9 Å². The van der Waals surface area contributed by atoms with E-state index in [1.165, 1.54) is 0 Å². The molecule has 0 radical (unpaired) electrons. The molecule has 0 bridgehead atoms. The summed E-state index contributed by atoms with van der Waals surface area (Å²) in [6, 6.07) is 8.06. The Balaban J connectivity index is 1.99. The van der Waals surface area contributed by atoms with Crippen LogP contribution in [0.1, 0.15) is 18.1 Å². The van der Waals surface area contributed by atoms with Gasteiger partial charge in [0.2, 0.25) is 6.04 Å². The number of terminal acetylenes is 1. The van der Waals surface area contributed by atoms with Crippen LogP contribution in [0.3, 0.4) is 0 Å². The molecule has 5 nitrogen and oxygen atoms in total. The minimum atomic E-state index is -0.813. The first kappa shape index (κ1) is 12.1. The summed E-state index contributed by atoms with van der Waals surface area (Å²) in [5.41, 5.74) is 0.687. The van der Waals surface area contributed by atoms with Gasteiger partial charge in [-0.1, -0.05) is 36.3 Å². The average Bonchev–Trinajstić information content (AvgIpc) is 3.17. The standard InChI is InChI=1S/C13H11NO4/c1-2-12(9-6-4-3-5-7-9)18-13(15)10-8-11(10)14(16)17/h1,3-7,10-12H,8H2/t10-,11-,12-/m1/s1. The summed E-state index contributed by atoms with van der Waals surface area (Å²) in [5.74, 6) is 1.12. The van der Waals surface area contributed by atoms with Crippen molar-refractivity contribution in [1.29, 1.82) is 0 Å². The summed E-state index contributed by atoms with van der Waals surface area (Å²) >= 11 is 0. The Bertz CT molecular complexity index is 505. The van der Waals surface area contributed by atoms with Gasteiger partial charge in [-0.3, -0.25) is 14.9 Å². The molecule has 1 aromatic carbocycles. The first-order chi connectivity index (χ1) is 8.63. The largest absolute Gasteiger partial charge is 0.444 e. The van der Waals surface area contributed by atoms with Crippen LogP contribution in [0.4, 0.5) is 0 Å². The Kier molecular flexibility index (Phi) is 3.28. The van der Waals surface area contributed by atoms with Gasteiger partial charge >= 0.3 is 5.97 Å². The molecule has 0 N–H and O–H groups in total. The lowest BCUT2D eigenvalue weighted by atomic mass is 10.1. The topological polar surface area (TPSA) is 69.4 Å². The number of hydrogen-bond donors (Lipinski definition) is 0. The van der Waals surface area contributed by atoms with E-state index >= 15 is 0 Å². The molecule has 0 heterocycles. The van der Waals surface area contributed by atoms with E-state index < -0.39 is 29.0 Å². The molecule has 2 rings (SSSR count). The quantitative estimate of drug-likeness (QED) is 0.349. The molecule has 1 saturated carbocycles. The maximum Gasteiger partial charge on any atom is 0.317 e. The maximum absolute atomic E-state index is 11.6. The number of carbonyl (C=O) groups excluding carboxylic acids is 1. The Hall–Kier alpha value is -2.35. The van der Waals surface area contributed by atoms with Crippen LogP contribution in [0.5, 0.6) is 0 Å². The van der Waals surface area contributed by atoms with Gasteiger partial charge in [0.25, 0.3) is 0 Å². The molecule has 0 spiro atoms. The second kappa shape index (κ2) is 4.88. The van der Waals surface area contributed by atoms with Crippen LogP contribution in [0.25, 0.3) is 0 Å². The lowest BCUT2D eigenvalue weighted by Crippen LogP contribution is -2.16. The van der Waals surface area contributed by atoms with E-state index in [2.05, 4.69) is 5.92 Å². The van der Waals surface area contributed by atoms with Crippen LogP contribution in [-0.2, 0) is 9.53 Å². The zero-order chi connectivity index (χ0) is 13.1. The van der Waals surface area contributed by atoms with Gasteiger partial charge < -0.3 is 4.74 Å². The SMILES string of the molecule is C#C[C@@H](OC(=O)[C@@H]1C[C@H]1[N+](=O)[O-])c1ccccc1. The monoisotopic (exact) mass is 245 g/mol. The van der Waals surface area contributed by atoms with Gasteiger partial charge in [-0.15, -0.1) is 6.42 Å². The number of carbonyl (C=O) groups is 1. The molecule has 0 saturated heterocycles. The van der Waals surface area contributed by atoms with E-state index in [0.29, 0.717) is 5.56 Å². The molecule has 3 atom stereocenters. The van der Waals surface area contributed by atoms with Crippen molar-refractivity contribution in [2.75, 3.05) is 0 Å². The number of hydrogen-bond acceptors (Lipinski definition) is 4. The first-order valence-electron chi connectivity index (χ1n) is 5.48. The predicted molar refractivity (Wildman–Crippen MR) is 63.0 cm³/mol. The molecule has 1 aromatic rings. The second-order valence-corrected chi connectivity index (χ2v) is 4.09. The van der Waals surface area contributed by atoms with E-state index in [0.717, 1.165) is 0 Å². The lowest BCUT2D eigenvalue weighted by Gasteiger charge is -2.11. The van der Waals surface area contributed by atoms with Gasteiger partial charge in [0, 0.05) is 16.9 Å². The van der Waals surface area contributed by atoms with Crippen molar-refractivity contribution >= 4 is 5.97 Å². The van der Waals surface area contributed by atoms with E-state index in [4.69, 9.17) is 11.2 Å². The Morgan fingerprint density at radius 3 is 2.67 bits per heavy atom. The Morgan fingerprint density at radius 2 is 2.17 bits per heavy atom. The number of benzene rings is 1. The summed E-state index contributed by atoms with van der Waals surface area (Å²) in [5, 5.41) is 10.5. The molecule has 1 aliphatic carbocycles. The van der Waals surface area contributed by atoms with Crippen molar-refractivity contribution in [2.45, 2.75) is 18.6 Å². The molecule has 92 valence electrons. The Labute approximate surface area is 104 Å². The minimum Gasteiger partial charge on any atom is -0.444 e. The van der Waals surface area contributed by atoms with E-state index in [-0.39, 0.29) is 6.42 Å². The fraction of sp³-hybridized carbons (Fsp3) is 0.308. The van der Waals surface area contributed by atoms with Crippen molar-refractivity contribution in [1.82, 2.24) is 0 Å². The minimum absolute atomic E-state index is 0.234. The number of nitrogens with zero attached hydrogens (tertiary/aromatic N) is 1. The van der Waals surface area contributed by atoms with Crippen LogP contribution < -0.4 is 0 Å². The fourth-order valence-corrected chi connectivity index (χ4v) is 1.70. The number of nitro groups is 1. The summed E-state index contributed by atoms with van der Waals surface area (Å²) in [6.45, 7) is 0. The van der Waals surface area contributed by atoms with Crippen LogP contribution in [0.15, 0.2) is 30.3 Å². The highest BCUT2D eigenvalue weighted by Gasteiger charge is 2.55. The third-order valence-corrected chi connectivity index (χ3v) is 2.82. The smallest absolute Gasteiger partial charge is 0.317 e. The number of ether oxygens (including phenoxy) is 1. The Morgan fingerprint density at radius 1 is 1.50 bits per heavy atom. The normalized spacial score (nSPS) is 22.6. The van der Waals surface area contributed by atoms with Crippen LogP contribution in [0.2, 0.25) is 0 Å². The third-order valence-electron chi connectivity index (χ3n) is 2.82. The highest BCUT2D eigenvalue weighted by molar-refractivity contribution is 5.76. The van der Waals surface area contributed by atoms with Gasteiger partial charge in [-0.2, -0.15) is 0 Å². The average molecular weight is 245 g/mol. The van der Waals surface area contributed by atoms with Crippen LogP contribution in [0, 0.1) is 28.4 Å². The van der Waals surface area contributed by atoms with Crippen molar-refractivity contribution in [3.63, 3.8) is 0 Å².